The molecular weight excluding hydrogens is 214 g/mol. The highest BCUT2D eigenvalue weighted by atomic mass is 16.5. The largest absolute Gasteiger partial charge is 0.399 e. The third kappa shape index (κ3) is 4.75. The van der Waals surface area contributed by atoms with Gasteiger partial charge in [0.25, 0.3) is 0 Å². The van der Waals surface area contributed by atoms with E-state index in [1.54, 1.807) is 12.1 Å². The summed E-state index contributed by atoms with van der Waals surface area (Å²) in [6, 6.07) is 7.41. The van der Waals surface area contributed by atoms with E-state index in [0.29, 0.717) is 11.3 Å². The molecule has 0 saturated heterocycles. The summed E-state index contributed by atoms with van der Waals surface area (Å²) in [7, 11) is 0. The monoisotopic (exact) mass is 233 g/mol. The summed E-state index contributed by atoms with van der Waals surface area (Å²) >= 11 is 0. The molecule has 0 spiro atoms. The average Bonchev–Trinajstić information content (AvgIpc) is 2.29. The summed E-state index contributed by atoms with van der Waals surface area (Å²) in [5.41, 5.74) is 7.62. The van der Waals surface area contributed by atoms with Crippen LogP contribution in [-0.2, 0) is 4.74 Å². The first-order valence-corrected chi connectivity index (χ1v) is 5.78. The first-order valence-electron chi connectivity index (χ1n) is 5.78. The van der Waals surface area contributed by atoms with Crippen LogP contribution in [0.25, 0.3) is 0 Å². The summed E-state index contributed by atoms with van der Waals surface area (Å²) in [5, 5.41) is 12.2. The van der Waals surface area contributed by atoms with Crippen LogP contribution in [-0.4, -0.2) is 19.3 Å². The molecule has 0 aliphatic heterocycles. The molecule has 0 saturated carbocycles. The standard InChI is InChI=1S/C13H19N3O/c1-10(2)17-7-3-6-16-13-5-4-12(15)8-11(13)9-14/h4-5,8,10,16H,3,6-7,15H2,1-2H3. The van der Waals surface area contributed by atoms with Crippen molar-refractivity contribution in [2.45, 2.75) is 26.4 Å². The van der Waals surface area contributed by atoms with E-state index >= 15 is 0 Å². The first-order chi connectivity index (χ1) is 8.13. The Morgan fingerprint density at radius 3 is 2.88 bits per heavy atom. The molecular formula is C13H19N3O. The van der Waals surface area contributed by atoms with Crippen molar-refractivity contribution in [3.8, 4) is 6.07 Å². The molecule has 0 heterocycles. The van der Waals surface area contributed by atoms with E-state index in [2.05, 4.69) is 11.4 Å². The third-order valence-electron chi connectivity index (χ3n) is 2.25. The summed E-state index contributed by atoms with van der Waals surface area (Å²) in [6.45, 7) is 5.54. The number of rotatable bonds is 6. The van der Waals surface area contributed by atoms with Crippen molar-refractivity contribution in [2.24, 2.45) is 0 Å². The van der Waals surface area contributed by atoms with Gasteiger partial charge >= 0.3 is 0 Å². The molecule has 3 N–H and O–H groups in total. The zero-order chi connectivity index (χ0) is 12.7. The van der Waals surface area contributed by atoms with Crippen LogP contribution in [0.4, 0.5) is 11.4 Å². The minimum Gasteiger partial charge on any atom is -0.399 e. The van der Waals surface area contributed by atoms with Crippen molar-refractivity contribution >= 4 is 11.4 Å². The third-order valence-corrected chi connectivity index (χ3v) is 2.25. The Labute approximate surface area is 102 Å². The van der Waals surface area contributed by atoms with Crippen LogP contribution in [0, 0.1) is 11.3 Å². The number of nitrogens with two attached hydrogens (primary N) is 1. The maximum Gasteiger partial charge on any atom is 0.101 e. The Hall–Kier alpha value is -1.73. The second-order valence-electron chi connectivity index (χ2n) is 4.12. The van der Waals surface area contributed by atoms with E-state index in [4.69, 9.17) is 15.7 Å². The van der Waals surface area contributed by atoms with Crippen LogP contribution in [0.1, 0.15) is 25.8 Å². The first kappa shape index (κ1) is 13.3. The number of hydrogen-bond acceptors (Lipinski definition) is 4. The van der Waals surface area contributed by atoms with Crippen LogP contribution in [0.2, 0.25) is 0 Å². The molecule has 0 aliphatic carbocycles. The Kier molecular flexibility index (Phi) is 5.31. The van der Waals surface area contributed by atoms with Gasteiger partial charge in [-0.15, -0.1) is 0 Å². The zero-order valence-corrected chi connectivity index (χ0v) is 10.4. The van der Waals surface area contributed by atoms with Gasteiger partial charge in [-0.05, 0) is 38.5 Å². The molecule has 0 atom stereocenters. The molecule has 4 heteroatoms. The number of ether oxygens (including phenoxy) is 1. The van der Waals surface area contributed by atoms with E-state index in [-0.39, 0.29) is 6.10 Å². The molecule has 1 rings (SSSR count). The maximum absolute atomic E-state index is 8.95. The average molecular weight is 233 g/mol. The van der Waals surface area contributed by atoms with Crippen LogP contribution >= 0.6 is 0 Å². The van der Waals surface area contributed by atoms with Gasteiger partial charge in [0, 0.05) is 18.8 Å². The smallest absolute Gasteiger partial charge is 0.101 e. The van der Waals surface area contributed by atoms with Gasteiger partial charge in [0.15, 0.2) is 0 Å². The lowest BCUT2D eigenvalue weighted by molar-refractivity contribution is 0.0787. The van der Waals surface area contributed by atoms with E-state index in [0.717, 1.165) is 25.3 Å². The van der Waals surface area contributed by atoms with Gasteiger partial charge in [-0.1, -0.05) is 0 Å². The Bertz CT molecular complexity index is 396. The topological polar surface area (TPSA) is 71.1 Å². The minimum atomic E-state index is 0.265. The maximum atomic E-state index is 8.95. The fourth-order valence-corrected chi connectivity index (χ4v) is 1.42. The van der Waals surface area contributed by atoms with Gasteiger partial charge in [-0.2, -0.15) is 5.26 Å². The van der Waals surface area contributed by atoms with Crippen LogP contribution in [0.15, 0.2) is 18.2 Å². The van der Waals surface area contributed by atoms with Crippen molar-refractivity contribution in [2.75, 3.05) is 24.2 Å². The molecule has 0 fully saturated rings. The number of benzene rings is 1. The van der Waals surface area contributed by atoms with E-state index < -0.39 is 0 Å². The molecule has 1 aromatic rings. The van der Waals surface area contributed by atoms with Gasteiger partial charge in [-0.3, -0.25) is 0 Å². The van der Waals surface area contributed by atoms with Crippen molar-refractivity contribution < 1.29 is 4.74 Å². The van der Waals surface area contributed by atoms with Crippen LogP contribution < -0.4 is 11.1 Å². The predicted molar refractivity (Wildman–Crippen MR) is 69.8 cm³/mol. The fourth-order valence-electron chi connectivity index (χ4n) is 1.42. The number of nitrogen functional groups attached to an aromatic ring is 1. The van der Waals surface area contributed by atoms with Crippen molar-refractivity contribution in [1.82, 2.24) is 0 Å². The lowest BCUT2D eigenvalue weighted by Crippen LogP contribution is -2.10. The molecule has 0 unspecified atom stereocenters. The van der Waals surface area contributed by atoms with Gasteiger partial charge in [0.1, 0.15) is 6.07 Å². The quantitative estimate of drug-likeness (QED) is 0.584. The summed E-state index contributed by atoms with van der Waals surface area (Å²) in [5.74, 6) is 0. The highest BCUT2D eigenvalue weighted by Crippen LogP contribution is 2.17. The highest BCUT2D eigenvalue weighted by Gasteiger charge is 2.01. The molecule has 17 heavy (non-hydrogen) atoms. The summed E-state index contributed by atoms with van der Waals surface area (Å²) in [4.78, 5) is 0. The molecule has 0 amide bonds. The second kappa shape index (κ2) is 6.77. The normalized spacial score (nSPS) is 10.2. The molecule has 92 valence electrons. The summed E-state index contributed by atoms with van der Waals surface area (Å²) < 4.78 is 5.43. The predicted octanol–water partition coefficient (Wildman–Crippen LogP) is 2.37. The Morgan fingerprint density at radius 2 is 2.24 bits per heavy atom. The van der Waals surface area contributed by atoms with Gasteiger partial charge < -0.3 is 15.8 Å². The van der Waals surface area contributed by atoms with E-state index in [9.17, 15) is 0 Å². The van der Waals surface area contributed by atoms with Gasteiger partial charge in [0.05, 0.1) is 17.4 Å². The van der Waals surface area contributed by atoms with Gasteiger partial charge in [0.2, 0.25) is 0 Å². The van der Waals surface area contributed by atoms with Gasteiger partial charge in [-0.25, -0.2) is 0 Å². The molecule has 0 aliphatic rings. The fraction of sp³-hybridized carbons (Fsp3) is 0.462. The van der Waals surface area contributed by atoms with Crippen LogP contribution in [0.5, 0.6) is 0 Å². The number of nitrogens with zero attached hydrogens (tertiary/aromatic N) is 1. The number of hydrogen-bond donors (Lipinski definition) is 2. The summed E-state index contributed by atoms with van der Waals surface area (Å²) in [6.07, 6.45) is 1.18. The number of nitrogens with one attached hydrogen (secondary N) is 1. The molecule has 0 radical (unpaired) electrons. The van der Waals surface area contributed by atoms with E-state index in [1.165, 1.54) is 0 Å². The van der Waals surface area contributed by atoms with E-state index in [1.807, 2.05) is 19.9 Å². The molecule has 4 nitrogen and oxygen atoms in total. The highest BCUT2D eigenvalue weighted by molar-refractivity contribution is 5.62. The molecule has 1 aromatic carbocycles. The molecule has 0 bridgehead atoms. The lowest BCUT2D eigenvalue weighted by atomic mass is 10.1. The lowest BCUT2D eigenvalue weighted by Gasteiger charge is -2.10. The Morgan fingerprint density at radius 1 is 1.47 bits per heavy atom. The van der Waals surface area contributed by atoms with Crippen molar-refractivity contribution in [3.63, 3.8) is 0 Å². The zero-order valence-electron chi connectivity index (χ0n) is 10.4. The second-order valence-corrected chi connectivity index (χ2v) is 4.12. The Balaban J connectivity index is 2.39. The number of nitriles is 1. The van der Waals surface area contributed by atoms with Crippen LogP contribution in [0.3, 0.4) is 0 Å². The number of anilines is 2. The van der Waals surface area contributed by atoms with Crippen molar-refractivity contribution in [1.29, 1.82) is 5.26 Å². The SMILES string of the molecule is CC(C)OCCCNc1ccc(N)cc1C#N. The minimum absolute atomic E-state index is 0.265. The molecule has 0 aromatic heterocycles. The van der Waals surface area contributed by atoms with Crippen molar-refractivity contribution in [3.05, 3.63) is 23.8 Å².